The molecule has 0 bridgehead atoms. The predicted molar refractivity (Wildman–Crippen MR) is 362 cm³/mol. The second-order valence-electron chi connectivity index (χ2n) is 22.7. The van der Waals surface area contributed by atoms with E-state index in [1.807, 2.05) is 0 Å². The molecule has 83 heavy (non-hydrogen) atoms. The Morgan fingerprint density at radius 2 is 0.470 bits per heavy atom. The minimum absolute atomic E-state index is 0.0888. The number of unbranched alkanes of at least 4 members (excludes halogenated alkanes) is 29. The average molecular weight is 1150 g/mol. The second kappa shape index (κ2) is 70.0. The highest BCUT2D eigenvalue weighted by molar-refractivity contribution is 5.71. The lowest BCUT2D eigenvalue weighted by Gasteiger charge is -2.18. The Morgan fingerprint density at radius 3 is 0.747 bits per heavy atom. The maximum Gasteiger partial charge on any atom is 0.306 e. The van der Waals surface area contributed by atoms with Gasteiger partial charge in [-0.2, -0.15) is 0 Å². The molecule has 0 saturated heterocycles. The number of esters is 3. The van der Waals surface area contributed by atoms with Crippen molar-refractivity contribution in [3.05, 3.63) is 134 Å². The zero-order valence-corrected chi connectivity index (χ0v) is 54.2. The molecule has 0 heterocycles. The summed E-state index contributed by atoms with van der Waals surface area (Å²) in [6.45, 7) is 6.52. The van der Waals surface area contributed by atoms with E-state index in [2.05, 4.69) is 154 Å². The predicted octanol–water partition coefficient (Wildman–Crippen LogP) is 24.1. The summed E-state index contributed by atoms with van der Waals surface area (Å²) in [7, 11) is 0. The van der Waals surface area contributed by atoms with Crippen LogP contribution in [0.1, 0.15) is 316 Å². The number of carbonyl (C=O) groups excluding carboxylic acids is 3. The summed E-state index contributed by atoms with van der Waals surface area (Å²) in [5, 5.41) is 0. The first kappa shape index (κ1) is 78.5. The maximum atomic E-state index is 12.9. The molecule has 6 heteroatoms. The smallest absolute Gasteiger partial charge is 0.306 e. The van der Waals surface area contributed by atoms with E-state index in [0.717, 1.165) is 148 Å². The molecule has 0 saturated carbocycles. The molecule has 1 atom stereocenters. The van der Waals surface area contributed by atoms with Crippen molar-refractivity contribution in [3.8, 4) is 0 Å². The van der Waals surface area contributed by atoms with Crippen LogP contribution in [0, 0.1) is 0 Å². The van der Waals surface area contributed by atoms with Crippen LogP contribution in [0.3, 0.4) is 0 Å². The molecule has 0 N–H and O–H groups in total. The third-order valence-corrected chi connectivity index (χ3v) is 14.6. The van der Waals surface area contributed by atoms with Crippen molar-refractivity contribution in [2.45, 2.75) is 322 Å². The zero-order valence-electron chi connectivity index (χ0n) is 54.2. The van der Waals surface area contributed by atoms with Crippen molar-refractivity contribution in [1.29, 1.82) is 0 Å². The van der Waals surface area contributed by atoms with Crippen molar-refractivity contribution < 1.29 is 28.6 Å². The fourth-order valence-corrected chi connectivity index (χ4v) is 9.47. The molecule has 0 aliphatic heterocycles. The van der Waals surface area contributed by atoms with E-state index in [1.54, 1.807) is 0 Å². The van der Waals surface area contributed by atoms with Crippen LogP contribution in [0.15, 0.2) is 134 Å². The van der Waals surface area contributed by atoms with Crippen molar-refractivity contribution >= 4 is 17.9 Å². The Hall–Kier alpha value is -4.45. The molecule has 0 aromatic carbocycles. The number of ether oxygens (including phenoxy) is 3. The summed E-state index contributed by atoms with van der Waals surface area (Å²) >= 11 is 0. The lowest BCUT2D eigenvalue weighted by molar-refractivity contribution is -0.167. The Labute approximate surface area is 513 Å². The van der Waals surface area contributed by atoms with Crippen LogP contribution in [0.4, 0.5) is 0 Å². The van der Waals surface area contributed by atoms with Gasteiger partial charge in [-0.05, 0) is 122 Å². The molecule has 0 aliphatic carbocycles. The van der Waals surface area contributed by atoms with Gasteiger partial charge in [-0.25, -0.2) is 0 Å². The zero-order chi connectivity index (χ0) is 59.9. The number of carbonyl (C=O) groups is 3. The van der Waals surface area contributed by atoms with E-state index in [-0.39, 0.29) is 31.1 Å². The highest BCUT2D eigenvalue weighted by atomic mass is 16.6. The van der Waals surface area contributed by atoms with Gasteiger partial charge in [0, 0.05) is 19.3 Å². The Kier molecular flexibility index (Phi) is 66.3. The van der Waals surface area contributed by atoms with E-state index in [0.29, 0.717) is 19.3 Å². The summed E-state index contributed by atoms with van der Waals surface area (Å²) < 4.78 is 16.9. The van der Waals surface area contributed by atoms with Crippen LogP contribution in [-0.4, -0.2) is 37.2 Å². The van der Waals surface area contributed by atoms with Gasteiger partial charge in [-0.15, -0.1) is 0 Å². The fraction of sp³-hybridized carbons (Fsp3) is 0.675. The number of hydrogen-bond donors (Lipinski definition) is 0. The lowest BCUT2D eigenvalue weighted by Crippen LogP contribution is -2.30. The molecule has 0 spiro atoms. The van der Waals surface area contributed by atoms with Crippen molar-refractivity contribution in [2.75, 3.05) is 13.2 Å². The quantitative estimate of drug-likeness (QED) is 0.0261. The normalized spacial score (nSPS) is 13.0. The topological polar surface area (TPSA) is 78.9 Å². The van der Waals surface area contributed by atoms with Crippen LogP contribution in [-0.2, 0) is 28.6 Å². The minimum Gasteiger partial charge on any atom is -0.462 e. The molecule has 0 aliphatic rings. The van der Waals surface area contributed by atoms with Crippen LogP contribution >= 0.6 is 0 Å². The van der Waals surface area contributed by atoms with Crippen molar-refractivity contribution in [2.24, 2.45) is 0 Å². The van der Waals surface area contributed by atoms with Crippen LogP contribution in [0.25, 0.3) is 0 Å². The number of allylic oxidation sites excluding steroid dienone is 22. The first-order chi connectivity index (χ1) is 41.0. The molecule has 0 aromatic heterocycles. The average Bonchev–Trinajstić information content (AvgIpc) is 3.49. The molecular formula is C77H128O6. The van der Waals surface area contributed by atoms with Crippen molar-refractivity contribution in [3.63, 3.8) is 0 Å². The van der Waals surface area contributed by atoms with Crippen LogP contribution in [0.5, 0.6) is 0 Å². The van der Waals surface area contributed by atoms with Crippen LogP contribution < -0.4 is 0 Å². The monoisotopic (exact) mass is 1150 g/mol. The summed E-state index contributed by atoms with van der Waals surface area (Å²) in [4.78, 5) is 38.4. The van der Waals surface area contributed by atoms with E-state index >= 15 is 0 Å². The van der Waals surface area contributed by atoms with Gasteiger partial charge in [0.25, 0.3) is 0 Å². The first-order valence-corrected chi connectivity index (χ1v) is 34.7. The van der Waals surface area contributed by atoms with Gasteiger partial charge < -0.3 is 14.2 Å². The number of hydrogen-bond acceptors (Lipinski definition) is 6. The summed E-state index contributed by atoms with van der Waals surface area (Å²) in [6, 6.07) is 0. The van der Waals surface area contributed by atoms with Gasteiger partial charge in [0.2, 0.25) is 0 Å². The molecule has 0 aromatic rings. The third-order valence-electron chi connectivity index (χ3n) is 14.6. The molecule has 0 fully saturated rings. The maximum absolute atomic E-state index is 12.9. The standard InChI is InChI=1S/C77H128O6/c1-4-7-10-13-16-19-22-25-28-29-30-31-32-33-34-35-36-37-38-39-40-41-42-43-44-45-46-47-50-52-55-58-61-64-67-70-76(79)82-73-74(83-77(80)71-68-65-62-59-56-53-49-27-24-21-18-15-12-9-6-3)72-81-75(78)69-66-63-60-57-54-51-48-26-23-20-17-14-11-8-5-2/h7,10,16,19,25,27-28,30-31,33-34,36-37,39-40,42-43,45-46,49-50,52,74H,4-6,8-9,11-15,17-18,20-24,26,29,32,35,38,41,44,47-48,51,53-73H2,1-3H3/b10-7-,19-16-,28-25-,31-30-,34-33-,37-36-,40-39-,43-42-,46-45-,49-27-,52-50-. The molecule has 0 amide bonds. The highest BCUT2D eigenvalue weighted by Gasteiger charge is 2.19. The van der Waals surface area contributed by atoms with Gasteiger partial charge in [0.15, 0.2) is 6.10 Å². The van der Waals surface area contributed by atoms with Crippen molar-refractivity contribution in [1.82, 2.24) is 0 Å². The van der Waals surface area contributed by atoms with Crippen LogP contribution in [0.2, 0.25) is 0 Å². The molecule has 472 valence electrons. The molecule has 6 nitrogen and oxygen atoms in total. The molecule has 0 rings (SSSR count). The fourth-order valence-electron chi connectivity index (χ4n) is 9.47. The highest BCUT2D eigenvalue weighted by Crippen LogP contribution is 2.16. The second-order valence-corrected chi connectivity index (χ2v) is 22.7. The Morgan fingerprint density at radius 1 is 0.253 bits per heavy atom. The van der Waals surface area contributed by atoms with E-state index in [1.165, 1.54) is 128 Å². The Balaban J connectivity index is 4.33. The van der Waals surface area contributed by atoms with E-state index < -0.39 is 6.10 Å². The lowest BCUT2D eigenvalue weighted by atomic mass is 10.0. The first-order valence-electron chi connectivity index (χ1n) is 34.7. The summed E-state index contributed by atoms with van der Waals surface area (Å²) in [5.74, 6) is -0.915. The van der Waals surface area contributed by atoms with Gasteiger partial charge >= 0.3 is 17.9 Å². The molecular weight excluding hydrogens is 1020 g/mol. The third kappa shape index (κ3) is 68.2. The number of rotatable bonds is 62. The summed E-state index contributed by atoms with van der Waals surface area (Å²) in [5.41, 5.74) is 0. The van der Waals surface area contributed by atoms with Gasteiger partial charge in [-0.3, -0.25) is 14.4 Å². The largest absolute Gasteiger partial charge is 0.462 e. The SMILES string of the molecule is CC/C=C\C/C=C\C/C=C\C/C=C\C/C=C\C/C=C\C/C=C\C/C=C\C/C=C\C/C=C\CCCCCCC(=O)OCC(COC(=O)CCCCCCCCCCCCCCCCC)OC(=O)CCCCCCC/C=C\CCCCCCCC. The molecule has 0 radical (unpaired) electrons. The van der Waals surface area contributed by atoms with E-state index in [9.17, 15) is 14.4 Å². The van der Waals surface area contributed by atoms with Gasteiger partial charge in [0.05, 0.1) is 0 Å². The van der Waals surface area contributed by atoms with Gasteiger partial charge in [-0.1, -0.05) is 309 Å². The molecule has 1 unspecified atom stereocenters. The minimum atomic E-state index is -0.796. The van der Waals surface area contributed by atoms with E-state index in [4.69, 9.17) is 14.2 Å². The van der Waals surface area contributed by atoms with Gasteiger partial charge in [0.1, 0.15) is 13.2 Å². The Bertz CT molecular complexity index is 1750. The summed E-state index contributed by atoms with van der Waals surface area (Å²) in [6.07, 6.45) is 99.0.